The van der Waals surface area contributed by atoms with E-state index in [9.17, 15) is 4.79 Å². The zero-order chi connectivity index (χ0) is 24.6. The van der Waals surface area contributed by atoms with Gasteiger partial charge in [-0.05, 0) is 56.9 Å². The van der Waals surface area contributed by atoms with Crippen molar-refractivity contribution in [3.05, 3.63) is 66.0 Å². The van der Waals surface area contributed by atoms with E-state index < -0.39 is 0 Å². The average molecular weight is 475 g/mol. The number of rotatable bonds is 9. The van der Waals surface area contributed by atoms with Crippen molar-refractivity contribution in [2.45, 2.75) is 40.2 Å². The lowest BCUT2D eigenvalue weighted by molar-refractivity contribution is -0.125. The number of nitrogens with one attached hydrogen (secondary N) is 1. The maximum atomic E-state index is 13.0. The van der Waals surface area contributed by atoms with Gasteiger partial charge in [0.25, 0.3) is 0 Å². The number of amides is 1. The Bertz CT molecular complexity index is 1120. The van der Waals surface area contributed by atoms with Crippen LogP contribution < -0.4 is 19.7 Å². The zero-order valence-electron chi connectivity index (χ0n) is 20.8. The van der Waals surface area contributed by atoms with Crippen LogP contribution in [-0.4, -0.2) is 42.2 Å². The summed E-state index contributed by atoms with van der Waals surface area (Å²) >= 11 is 0. The Morgan fingerprint density at radius 3 is 2.43 bits per heavy atom. The summed E-state index contributed by atoms with van der Waals surface area (Å²) in [5.41, 5.74) is 4.29. The first-order valence-corrected chi connectivity index (χ1v) is 12.4. The first-order chi connectivity index (χ1) is 17.1. The van der Waals surface area contributed by atoms with Crippen molar-refractivity contribution in [1.29, 1.82) is 0 Å². The Kier molecular flexibility index (Phi) is 8.19. The maximum Gasteiger partial charge on any atom is 0.225 e. The molecule has 2 aromatic carbocycles. The molecule has 0 unspecified atom stereocenters. The minimum atomic E-state index is -0.0989. The molecule has 1 aliphatic heterocycles. The number of aromatic nitrogens is 2. The summed E-state index contributed by atoms with van der Waals surface area (Å²) in [7, 11) is 0. The molecule has 0 saturated carbocycles. The van der Waals surface area contributed by atoms with Crippen LogP contribution in [0.5, 0.6) is 11.5 Å². The van der Waals surface area contributed by atoms with E-state index in [2.05, 4.69) is 51.4 Å². The monoisotopic (exact) mass is 474 g/mol. The van der Waals surface area contributed by atoms with E-state index in [0.29, 0.717) is 38.0 Å². The molecule has 184 valence electrons. The summed E-state index contributed by atoms with van der Waals surface area (Å²) < 4.78 is 11.3. The minimum absolute atomic E-state index is 0.0535. The van der Waals surface area contributed by atoms with Gasteiger partial charge in [0.2, 0.25) is 11.9 Å². The summed E-state index contributed by atoms with van der Waals surface area (Å²) in [5, 5.41) is 3.09. The highest BCUT2D eigenvalue weighted by Crippen LogP contribution is 2.29. The molecule has 7 nitrogen and oxygen atoms in total. The molecule has 2 heterocycles. The van der Waals surface area contributed by atoms with Gasteiger partial charge < -0.3 is 19.7 Å². The van der Waals surface area contributed by atoms with Crippen LogP contribution in [0.1, 0.15) is 37.8 Å². The largest absolute Gasteiger partial charge is 0.490 e. The lowest BCUT2D eigenvalue weighted by atomic mass is 9.97. The third kappa shape index (κ3) is 6.29. The summed E-state index contributed by atoms with van der Waals surface area (Å²) in [6.45, 7) is 9.01. The highest BCUT2D eigenvalue weighted by molar-refractivity contribution is 5.79. The Balaban J connectivity index is 1.35. The lowest BCUT2D eigenvalue weighted by Crippen LogP contribution is -2.43. The van der Waals surface area contributed by atoms with Gasteiger partial charge in [-0.3, -0.25) is 4.79 Å². The van der Waals surface area contributed by atoms with Crippen molar-refractivity contribution in [2.75, 3.05) is 31.2 Å². The molecule has 3 aromatic rings. The Labute approximate surface area is 207 Å². The highest BCUT2D eigenvalue weighted by Gasteiger charge is 2.27. The van der Waals surface area contributed by atoms with Crippen molar-refractivity contribution in [2.24, 2.45) is 5.92 Å². The van der Waals surface area contributed by atoms with E-state index in [1.165, 1.54) is 5.56 Å². The normalized spacial score (nSPS) is 15.5. The van der Waals surface area contributed by atoms with E-state index in [4.69, 9.17) is 9.47 Å². The number of anilines is 1. The molecule has 0 spiro atoms. The fraction of sp³-hybridized carbons (Fsp3) is 0.393. The summed E-state index contributed by atoms with van der Waals surface area (Å²) in [6.07, 6.45) is 5.51. The predicted molar refractivity (Wildman–Crippen MR) is 138 cm³/mol. The molecule has 35 heavy (non-hydrogen) atoms. The highest BCUT2D eigenvalue weighted by atomic mass is 16.5. The quantitative estimate of drug-likeness (QED) is 0.481. The SMILES string of the molecule is CCOc1ccc(CNC(=O)[C@@H]2CCCN(c3ncc(-c4ccc(C)cc4)cn3)C2)cc1OCC. The van der Waals surface area contributed by atoms with Crippen LogP contribution in [0.25, 0.3) is 11.1 Å². The van der Waals surface area contributed by atoms with Gasteiger partial charge in [-0.2, -0.15) is 0 Å². The van der Waals surface area contributed by atoms with Crippen LogP contribution in [0.4, 0.5) is 5.95 Å². The van der Waals surface area contributed by atoms with Crippen molar-refractivity contribution >= 4 is 11.9 Å². The van der Waals surface area contributed by atoms with E-state index in [1.54, 1.807) is 0 Å². The number of hydrogen-bond acceptors (Lipinski definition) is 6. The van der Waals surface area contributed by atoms with Crippen LogP contribution in [0.15, 0.2) is 54.9 Å². The van der Waals surface area contributed by atoms with Crippen molar-refractivity contribution in [1.82, 2.24) is 15.3 Å². The molecule has 1 aromatic heterocycles. The number of benzene rings is 2. The van der Waals surface area contributed by atoms with Gasteiger partial charge >= 0.3 is 0 Å². The smallest absolute Gasteiger partial charge is 0.225 e. The predicted octanol–water partition coefficient (Wildman–Crippen LogP) is 4.78. The number of carbonyl (C=O) groups is 1. The summed E-state index contributed by atoms with van der Waals surface area (Å²) in [5.74, 6) is 2.05. The number of carbonyl (C=O) groups excluding carboxylic acids is 1. The molecule has 0 aliphatic carbocycles. The van der Waals surface area contributed by atoms with Gasteiger partial charge in [0.1, 0.15) is 0 Å². The van der Waals surface area contributed by atoms with Gasteiger partial charge in [-0.25, -0.2) is 9.97 Å². The van der Waals surface area contributed by atoms with Gasteiger partial charge in [0, 0.05) is 37.6 Å². The van der Waals surface area contributed by atoms with Gasteiger partial charge in [-0.1, -0.05) is 35.9 Å². The first kappa shape index (κ1) is 24.5. The molecule has 1 amide bonds. The molecule has 7 heteroatoms. The second kappa shape index (κ2) is 11.7. The molecular formula is C28H34N4O3. The van der Waals surface area contributed by atoms with Crippen LogP contribution in [0.2, 0.25) is 0 Å². The van der Waals surface area contributed by atoms with E-state index in [-0.39, 0.29) is 11.8 Å². The zero-order valence-corrected chi connectivity index (χ0v) is 20.8. The number of ether oxygens (including phenoxy) is 2. The fourth-order valence-corrected chi connectivity index (χ4v) is 4.29. The fourth-order valence-electron chi connectivity index (χ4n) is 4.29. The van der Waals surface area contributed by atoms with Gasteiger partial charge in [0.05, 0.1) is 19.1 Å². The summed E-state index contributed by atoms with van der Waals surface area (Å²) in [6, 6.07) is 14.1. The molecule has 1 atom stereocenters. The number of nitrogens with zero attached hydrogens (tertiary/aromatic N) is 3. The van der Waals surface area contributed by atoms with Gasteiger partial charge in [0.15, 0.2) is 11.5 Å². The molecule has 0 radical (unpaired) electrons. The first-order valence-electron chi connectivity index (χ1n) is 12.4. The van der Waals surface area contributed by atoms with Crippen molar-refractivity contribution in [3.8, 4) is 22.6 Å². The number of piperidine rings is 1. The molecule has 0 bridgehead atoms. The molecule has 1 saturated heterocycles. The van der Waals surface area contributed by atoms with Crippen molar-refractivity contribution < 1.29 is 14.3 Å². The maximum absolute atomic E-state index is 13.0. The van der Waals surface area contributed by atoms with Crippen LogP contribution >= 0.6 is 0 Å². The number of aryl methyl sites for hydroxylation is 1. The Morgan fingerprint density at radius 2 is 1.71 bits per heavy atom. The van der Waals surface area contributed by atoms with Crippen molar-refractivity contribution in [3.63, 3.8) is 0 Å². The molecule has 1 aliphatic rings. The van der Waals surface area contributed by atoms with Crippen LogP contribution in [0, 0.1) is 12.8 Å². The molecule has 4 rings (SSSR count). The van der Waals surface area contributed by atoms with E-state index in [0.717, 1.165) is 41.8 Å². The Morgan fingerprint density at radius 1 is 1.00 bits per heavy atom. The van der Waals surface area contributed by atoms with E-state index in [1.807, 2.05) is 44.4 Å². The molecule has 1 N–H and O–H groups in total. The number of hydrogen-bond donors (Lipinski definition) is 1. The third-order valence-electron chi connectivity index (χ3n) is 6.17. The van der Waals surface area contributed by atoms with Crippen LogP contribution in [0.3, 0.4) is 0 Å². The third-order valence-corrected chi connectivity index (χ3v) is 6.17. The second-order valence-corrected chi connectivity index (χ2v) is 8.79. The van der Waals surface area contributed by atoms with Gasteiger partial charge in [-0.15, -0.1) is 0 Å². The molecular weight excluding hydrogens is 440 g/mol. The molecule has 1 fully saturated rings. The average Bonchev–Trinajstić information content (AvgIpc) is 2.89. The Hall–Kier alpha value is -3.61. The van der Waals surface area contributed by atoms with E-state index >= 15 is 0 Å². The minimum Gasteiger partial charge on any atom is -0.490 e. The van der Waals surface area contributed by atoms with Crippen LogP contribution in [-0.2, 0) is 11.3 Å². The topological polar surface area (TPSA) is 76.6 Å². The standard InChI is InChI=1S/C28H34N4O3/c1-4-34-25-13-10-21(15-26(25)35-5-2)16-29-27(33)23-7-6-14-32(19-23)28-30-17-24(18-31-28)22-11-8-20(3)9-12-22/h8-13,15,17-18,23H,4-7,14,16,19H2,1-3H3,(H,29,33)/t23-/m1/s1. The second-order valence-electron chi connectivity index (χ2n) is 8.79. The lowest BCUT2D eigenvalue weighted by Gasteiger charge is -2.32. The summed E-state index contributed by atoms with van der Waals surface area (Å²) in [4.78, 5) is 24.3.